The number of rotatable bonds is 5. The van der Waals surface area contributed by atoms with Crippen LogP contribution >= 0.6 is 0 Å². The van der Waals surface area contributed by atoms with Gasteiger partial charge in [-0.3, -0.25) is 5.10 Å². The molecule has 1 aromatic carbocycles. The summed E-state index contributed by atoms with van der Waals surface area (Å²) in [6.45, 7) is 2.94. The third-order valence-electron chi connectivity index (χ3n) is 4.31. The maximum absolute atomic E-state index is 8.91. The Balaban J connectivity index is 1.68. The highest BCUT2D eigenvalue weighted by Crippen LogP contribution is 2.29. The van der Waals surface area contributed by atoms with Crippen LogP contribution in [-0.2, 0) is 0 Å². The van der Waals surface area contributed by atoms with Gasteiger partial charge in [0.2, 0.25) is 0 Å². The minimum Gasteiger partial charge on any atom is -0.490 e. The minimum absolute atomic E-state index is 0.193. The van der Waals surface area contributed by atoms with Gasteiger partial charge in [-0.25, -0.2) is 0 Å². The third kappa shape index (κ3) is 3.19. The zero-order valence-corrected chi connectivity index (χ0v) is 12.4. The Morgan fingerprint density at radius 2 is 2.33 bits per heavy atom. The Kier molecular flexibility index (Phi) is 4.41. The summed E-state index contributed by atoms with van der Waals surface area (Å²) < 4.78 is 6.23. The van der Waals surface area contributed by atoms with Crippen LogP contribution < -0.4 is 10.1 Å². The number of aliphatic hydroxyl groups excluding tert-OH is 1. The molecular weight excluding hydrogens is 266 g/mol. The van der Waals surface area contributed by atoms with Gasteiger partial charge in [-0.05, 0) is 44.7 Å². The predicted octanol–water partition coefficient (Wildman–Crippen LogP) is 2.14. The summed E-state index contributed by atoms with van der Waals surface area (Å²) in [5.74, 6) is 0.955. The number of nitrogens with zero attached hydrogens (tertiary/aromatic N) is 1. The second kappa shape index (κ2) is 6.45. The van der Waals surface area contributed by atoms with Gasteiger partial charge in [0, 0.05) is 23.5 Å². The van der Waals surface area contributed by atoms with Gasteiger partial charge in [-0.15, -0.1) is 0 Å². The van der Waals surface area contributed by atoms with Crippen molar-refractivity contribution in [2.45, 2.75) is 44.8 Å². The van der Waals surface area contributed by atoms with Crippen LogP contribution in [0.25, 0.3) is 10.9 Å². The number of hydrogen-bond donors (Lipinski definition) is 3. The van der Waals surface area contributed by atoms with E-state index in [0.717, 1.165) is 35.1 Å². The van der Waals surface area contributed by atoms with E-state index < -0.39 is 0 Å². The number of aryl methyl sites for hydroxylation is 1. The van der Waals surface area contributed by atoms with Gasteiger partial charge in [0.15, 0.2) is 0 Å². The van der Waals surface area contributed by atoms with Crippen LogP contribution in [0, 0.1) is 6.92 Å². The van der Waals surface area contributed by atoms with Crippen LogP contribution in [0.1, 0.15) is 31.2 Å². The Morgan fingerprint density at radius 1 is 1.43 bits per heavy atom. The highest BCUT2D eigenvalue weighted by molar-refractivity contribution is 5.83. The number of aromatic nitrogens is 2. The molecule has 5 nitrogen and oxygen atoms in total. The molecule has 0 aliphatic heterocycles. The Morgan fingerprint density at radius 3 is 3.19 bits per heavy atom. The lowest BCUT2D eigenvalue weighted by Crippen LogP contribution is -2.39. The van der Waals surface area contributed by atoms with Gasteiger partial charge in [-0.2, -0.15) is 5.10 Å². The molecule has 1 aliphatic carbocycles. The number of nitrogens with one attached hydrogen (secondary N) is 2. The highest BCUT2D eigenvalue weighted by atomic mass is 16.5. The quantitative estimate of drug-likeness (QED) is 0.789. The zero-order chi connectivity index (χ0) is 14.7. The molecule has 2 unspecified atom stereocenters. The van der Waals surface area contributed by atoms with E-state index in [1.165, 1.54) is 12.8 Å². The number of fused-ring (bicyclic) bond motifs is 1. The average Bonchev–Trinajstić information content (AvgIpc) is 2.98. The van der Waals surface area contributed by atoms with Crippen molar-refractivity contribution < 1.29 is 9.84 Å². The maximum Gasteiger partial charge on any atom is 0.123 e. The maximum atomic E-state index is 8.91. The van der Waals surface area contributed by atoms with Crippen molar-refractivity contribution in [1.82, 2.24) is 15.5 Å². The number of H-pyrrole nitrogens is 1. The minimum atomic E-state index is 0.193. The summed E-state index contributed by atoms with van der Waals surface area (Å²) in [5, 5.41) is 20.5. The molecule has 1 saturated carbocycles. The van der Waals surface area contributed by atoms with E-state index in [2.05, 4.69) is 22.4 Å². The van der Waals surface area contributed by atoms with E-state index in [1.807, 2.05) is 18.3 Å². The predicted molar refractivity (Wildman–Crippen MR) is 82.6 cm³/mol. The molecule has 1 heterocycles. The van der Waals surface area contributed by atoms with Gasteiger partial charge < -0.3 is 15.2 Å². The Hall–Kier alpha value is -1.59. The molecule has 114 valence electrons. The molecule has 1 aromatic heterocycles. The first-order chi connectivity index (χ1) is 10.3. The van der Waals surface area contributed by atoms with Crippen molar-refractivity contribution >= 4 is 10.9 Å². The molecule has 1 aliphatic rings. The van der Waals surface area contributed by atoms with Crippen molar-refractivity contribution in [3.63, 3.8) is 0 Å². The molecule has 21 heavy (non-hydrogen) atoms. The standard InChI is InChI=1S/C16H23N3O2/c1-11-14-10-18-19-15(14)5-6-16(11)21-13-4-2-3-12(9-13)17-7-8-20/h5-6,10,12-13,17,20H,2-4,7-9H2,1H3,(H,18,19). The first kappa shape index (κ1) is 14.4. The molecule has 3 rings (SSSR count). The summed E-state index contributed by atoms with van der Waals surface area (Å²) in [4.78, 5) is 0. The largest absolute Gasteiger partial charge is 0.490 e. The van der Waals surface area contributed by atoms with Crippen molar-refractivity contribution in [3.8, 4) is 5.75 Å². The monoisotopic (exact) mass is 289 g/mol. The molecule has 0 bridgehead atoms. The molecule has 5 heteroatoms. The van der Waals surface area contributed by atoms with E-state index >= 15 is 0 Å². The normalized spacial score (nSPS) is 22.6. The average molecular weight is 289 g/mol. The van der Waals surface area contributed by atoms with Gasteiger partial charge in [0.1, 0.15) is 11.9 Å². The molecule has 2 atom stereocenters. The second-order valence-corrected chi connectivity index (χ2v) is 5.80. The van der Waals surface area contributed by atoms with Gasteiger partial charge in [-0.1, -0.05) is 0 Å². The molecule has 1 fully saturated rings. The van der Waals surface area contributed by atoms with Crippen LogP contribution in [0.2, 0.25) is 0 Å². The summed E-state index contributed by atoms with van der Waals surface area (Å²) in [7, 11) is 0. The summed E-state index contributed by atoms with van der Waals surface area (Å²) in [6, 6.07) is 4.50. The van der Waals surface area contributed by atoms with Crippen LogP contribution in [0.15, 0.2) is 18.3 Å². The lowest BCUT2D eigenvalue weighted by molar-refractivity contribution is 0.131. The fourth-order valence-corrected chi connectivity index (χ4v) is 3.15. The molecule has 3 N–H and O–H groups in total. The number of hydrogen-bond acceptors (Lipinski definition) is 4. The van der Waals surface area contributed by atoms with E-state index in [0.29, 0.717) is 12.6 Å². The van der Waals surface area contributed by atoms with Crippen molar-refractivity contribution in [1.29, 1.82) is 0 Å². The van der Waals surface area contributed by atoms with Crippen LogP contribution in [0.4, 0.5) is 0 Å². The zero-order valence-electron chi connectivity index (χ0n) is 12.4. The lowest BCUT2D eigenvalue weighted by atomic mass is 9.92. The Bertz CT molecular complexity index is 596. The van der Waals surface area contributed by atoms with Gasteiger partial charge in [0.25, 0.3) is 0 Å². The summed E-state index contributed by atoms with van der Waals surface area (Å²) >= 11 is 0. The summed E-state index contributed by atoms with van der Waals surface area (Å²) in [6.07, 6.45) is 6.53. The molecule has 0 saturated heterocycles. The fourth-order valence-electron chi connectivity index (χ4n) is 3.15. The van der Waals surface area contributed by atoms with E-state index in [4.69, 9.17) is 9.84 Å². The van der Waals surface area contributed by atoms with E-state index in [-0.39, 0.29) is 12.7 Å². The second-order valence-electron chi connectivity index (χ2n) is 5.80. The highest BCUT2D eigenvalue weighted by Gasteiger charge is 2.23. The van der Waals surface area contributed by atoms with E-state index in [9.17, 15) is 0 Å². The molecule has 0 spiro atoms. The lowest BCUT2D eigenvalue weighted by Gasteiger charge is -2.30. The van der Waals surface area contributed by atoms with Gasteiger partial charge >= 0.3 is 0 Å². The first-order valence-corrected chi connectivity index (χ1v) is 7.71. The SMILES string of the molecule is Cc1c(OC2CCCC(NCCO)C2)ccc2[nH]ncc12. The Labute approximate surface area is 124 Å². The summed E-state index contributed by atoms with van der Waals surface area (Å²) in [5.41, 5.74) is 2.19. The molecule has 2 aromatic rings. The first-order valence-electron chi connectivity index (χ1n) is 7.71. The number of aromatic amines is 1. The molecule has 0 amide bonds. The topological polar surface area (TPSA) is 70.2 Å². The van der Waals surface area contributed by atoms with Crippen LogP contribution in [0.5, 0.6) is 5.75 Å². The van der Waals surface area contributed by atoms with Crippen molar-refractivity contribution in [2.75, 3.05) is 13.2 Å². The van der Waals surface area contributed by atoms with Crippen molar-refractivity contribution in [2.24, 2.45) is 0 Å². The number of benzene rings is 1. The number of ether oxygens (including phenoxy) is 1. The van der Waals surface area contributed by atoms with Crippen molar-refractivity contribution in [3.05, 3.63) is 23.9 Å². The van der Waals surface area contributed by atoms with Crippen LogP contribution in [-0.4, -0.2) is 40.6 Å². The number of aliphatic hydroxyl groups is 1. The fraction of sp³-hybridized carbons (Fsp3) is 0.562. The molecule has 0 radical (unpaired) electrons. The third-order valence-corrected chi connectivity index (χ3v) is 4.31. The van der Waals surface area contributed by atoms with Gasteiger partial charge in [0.05, 0.1) is 18.3 Å². The van der Waals surface area contributed by atoms with Crippen LogP contribution in [0.3, 0.4) is 0 Å². The van der Waals surface area contributed by atoms with E-state index in [1.54, 1.807) is 0 Å². The molecular formula is C16H23N3O2. The smallest absolute Gasteiger partial charge is 0.123 e.